The maximum atomic E-state index is 15.6. The van der Waals surface area contributed by atoms with Crippen molar-refractivity contribution in [3.8, 4) is 0 Å². The number of carbonyl (C=O) groups is 4. The van der Waals surface area contributed by atoms with Gasteiger partial charge in [-0.2, -0.15) is 0 Å². The second-order valence-electron chi connectivity index (χ2n) is 15.1. The Kier molecular flexibility index (Phi) is 14.7. The maximum absolute atomic E-state index is 15.6. The van der Waals surface area contributed by atoms with Crippen LogP contribution in [0.1, 0.15) is 57.1 Å². The summed E-state index contributed by atoms with van der Waals surface area (Å²) in [6.45, 7) is 2.46. The van der Waals surface area contributed by atoms with E-state index in [9.17, 15) is 27.6 Å². The summed E-state index contributed by atoms with van der Waals surface area (Å²) in [7, 11) is -3.62. The number of hydrogen-bond donors (Lipinski definition) is 5. The monoisotopic (exact) mass is 775 g/mol. The lowest BCUT2D eigenvalue weighted by atomic mass is 9.70. The van der Waals surface area contributed by atoms with Crippen molar-refractivity contribution in [2.45, 2.75) is 88.9 Å². The van der Waals surface area contributed by atoms with E-state index >= 15 is 8.78 Å². The second kappa shape index (κ2) is 18.6. The average molecular weight is 776 g/mol. The van der Waals surface area contributed by atoms with Gasteiger partial charge in [0.1, 0.15) is 18.1 Å². The third kappa shape index (κ3) is 11.3. The van der Waals surface area contributed by atoms with Crippen molar-refractivity contribution in [3.05, 3.63) is 71.8 Å². The Morgan fingerprint density at radius 1 is 0.796 bits per heavy atom. The first-order chi connectivity index (χ1) is 25.4. The Labute approximate surface area is 317 Å². The highest BCUT2D eigenvalue weighted by Crippen LogP contribution is 2.50. The molecule has 0 radical (unpaired) electrons. The van der Waals surface area contributed by atoms with E-state index in [1.54, 1.807) is 12.1 Å². The summed E-state index contributed by atoms with van der Waals surface area (Å²) in [5.74, 6) is -5.97. The minimum Gasteiger partial charge on any atom is -0.343 e. The molecule has 4 unspecified atom stereocenters. The SMILES string of the molecule is CC(C)CC(NC(=O)C(Cc1ccccc1)NC(=O)C(N)Cc1ccccc1)C(=O)NC(CCCCN)C(=O)N1CCC2(CN(S(C)(=O)=O)C2)C(F)(F)C1. The van der Waals surface area contributed by atoms with E-state index in [4.69, 9.17) is 11.5 Å². The molecule has 298 valence electrons. The number of likely N-dealkylation sites (tertiary alicyclic amines) is 1. The summed E-state index contributed by atoms with van der Waals surface area (Å²) in [5.41, 5.74) is 12.0. The number of hydrogen-bond acceptors (Lipinski definition) is 8. The molecule has 1 spiro atoms. The number of benzene rings is 2. The van der Waals surface area contributed by atoms with Crippen molar-refractivity contribution >= 4 is 33.7 Å². The van der Waals surface area contributed by atoms with Crippen LogP contribution in [-0.4, -0.2) is 110 Å². The van der Waals surface area contributed by atoms with Crippen LogP contribution in [-0.2, 0) is 42.0 Å². The van der Waals surface area contributed by atoms with E-state index in [0.717, 1.165) is 26.6 Å². The fourth-order valence-corrected chi connectivity index (χ4v) is 7.94. The zero-order valence-corrected chi connectivity index (χ0v) is 32.1. The third-order valence-electron chi connectivity index (χ3n) is 10.2. The van der Waals surface area contributed by atoms with Crippen LogP contribution in [0.15, 0.2) is 60.7 Å². The van der Waals surface area contributed by atoms with Crippen LogP contribution in [0.2, 0.25) is 0 Å². The Morgan fingerprint density at radius 3 is 1.87 bits per heavy atom. The molecule has 4 rings (SSSR count). The number of nitrogens with zero attached hydrogens (tertiary/aromatic N) is 2. The minimum atomic E-state index is -3.62. The van der Waals surface area contributed by atoms with Crippen molar-refractivity contribution in [3.63, 3.8) is 0 Å². The second-order valence-corrected chi connectivity index (χ2v) is 17.1. The molecule has 2 saturated heterocycles. The van der Waals surface area contributed by atoms with Crippen LogP contribution < -0.4 is 27.4 Å². The Bertz CT molecular complexity index is 1690. The van der Waals surface area contributed by atoms with Gasteiger partial charge >= 0.3 is 0 Å². The Hall–Kier alpha value is -3.99. The van der Waals surface area contributed by atoms with Crippen LogP contribution in [0, 0.1) is 11.3 Å². The summed E-state index contributed by atoms with van der Waals surface area (Å²) >= 11 is 0. The predicted octanol–water partition coefficient (Wildman–Crippen LogP) is 1.56. The quantitative estimate of drug-likeness (QED) is 0.141. The molecule has 2 heterocycles. The van der Waals surface area contributed by atoms with Gasteiger partial charge in [0.15, 0.2) is 0 Å². The lowest BCUT2D eigenvalue weighted by Gasteiger charge is -2.56. The summed E-state index contributed by atoms with van der Waals surface area (Å²) in [6, 6.07) is 13.9. The lowest BCUT2D eigenvalue weighted by Crippen LogP contribution is -2.71. The third-order valence-corrected chi connectivity index (χ3v) is 11.4. The van der Waals surface area contributed by atoms with Gasteiger partial charge < -0.3 is 32.3 Å². The standard InChI is InChI=1S/C38H55F2N7O6S/c1-26(2)20-31(45-35(50)32(22-28-14-8-5-9-15-28)44-33(48)29(42)21-27-12-6-4-7-13-27)34(49)43-30(16-10-11-18-41)36(51)46-19-17-37(38(39,40)25-46)23-47(24-37)54(3,52)53/h4-9,12-15,26,29-32H,10-11,16-25,41-42H2,1-3H3,(H,43,49)(H,44,48)(H,45,50). The van der Waals surface area contributed by atoms with Gasteiger partial charge in [0.25, 0.3) is 5.92 Å². The lowest BCUT2D eigenvalue weighted by molar-refractivity contribution is -0.210. The molecule has 0 aromatic heterocycles. The first-order valence-electron chi connectivity index (χ1n) is 18.5. The molecule has 0 saturated carbocycles. The van der Waals surface area contributed by atoms with Gasteiger partial charge in [-0.05, 0) is 62.1 Å². The smallest absolute Gasteiger partial charge is 0.273 e. The molecule has 16 heteroatoms. The Morgan fingerprint density at radius 2 is 1.33 bits per heavy atom. The molecule has 4 amide bonds. The summed E-state index contributed by atoms with van der Waals surface area (Å²) in [5, 5.41) is 8.29. The first-order valence-corrected chi connectivity index (χ1v) is 20.4. The van der Waals surface area contributed by atoms with Crippen LogP contribution in [0.3, 0.4) is 0 Å². The van der Waals surface area contributed by atoms with Crippen molar-refractivity contribution < 1.29 is 36.4 Å². The van der Waals surface area contributed by atoms with E-state index in [0.29, 0.717) is 19.4 Å². The van der Waals surface area contributed by atoms with E-state index in [2.05, 4.69) is 16.0 Å². The minimum absolute atomic E-state index is 0.0330. The predicted molar refractivity (Wildman–Crippen MR) is 201 cm³/mol. The van der Waals surface area contributed by atoms with Gasteiger partial charge in [-0.25, -0.2) is 21.5 Å². The van der Waals surface area contributed by atoms with Crippen molar-refractivity contribution in [2.24, 2.45) is 22.8 Å². The highest BCUT2D eigenvalue weighted by molar-refractivity contribution is 7.88. The highest BCUT2D eigenvalue weighted by atomic mass is 32.2. The number of amides is 4. The summed E-state index contributed by atoms with van der Waals surface area (Å²) < 4.78 is 56.0. The topological polar surface area (TPSA) is 197 Å². The van der Waals surface area contributed by atoms with Gasteiger partial charge in [0, 0.05) is 26.1 Å². The number of alkyl halides is 2. The fourth-order valence-electron chi connectivity index (χ4n) is 6.98. The molecule has 2 aromatic carbocycles. The number of carbonyl (C=O) groups excluding carboxylic acids is 4. The highest BCUT2D eigenvalue weighted by Gasteiger charge is 2.64. The van der Waals surface area contributed by atoms with Gasteiger partial charge in [0.2, 0.25) is 33.7 Å². The normalized spacial score (nSPS) is 18.9. The van der Waals surface area contributed by atoms with Crippen LogP contribution >= 0.6 is 0 Å². The number of rotatable bonds is 18. The van der Waals surface area contributed by atoms with Crippen molar-refractivity contribution in [1.82, 2.24) is 25.2 Å². The molecule has 2 aliphatic rings. The number of sulfonamides is 1. The number of unbranched alkanes of at least 4 members (excludes halogenated alkanes) is 1. The fraction of sp³-hybridized carbons (Fsp3) is 0.579. The molecule has 2 fully saturated rings. The molecule has 2 aliphatic heterocycles. The Balaban J connectivity index is 1.48. The molecule has 4 atom stereocenters. The van der Waals surface area contributed by atoms with Crippen molar-refractivity contribution in [1.29, 1.82) is 0 Å². The summed E-state index contributed by atoms with van der Waals surface area (Å²) in [6.07, 6.45) is 2.50. The largest absolute Gasteiger partial charge is 0.343 e. The van der Waals surface area contributed by atoms with E-state index in [1.807, 2.05) is 62.4 Å². The van der Waals surface area contributed by atoms with Gasteiger partial charge in [-0.1, -0.05) is 74.5 Å². The maximum Gasteiger partial charge on any atom is 0.273 e. The molecule has 2 aromatic rings. The molecule has 13 nitrogen and oxygen atoms in total. The molecular formula is C38H55F2N7O6S. The molecule has 54 heavy (non-hydrogen) atoms. The van der Waals surface area contributed by atoms with Crippen molar-refractivity contribution in [2.75, 3.05) is 39.0 Å². The van der Waals surface area contributed by atoms with Gasteiger partial charge in [-0.15, -0.1) is 0 Å². The van der Waals surface area contributed by atoms with E-state index in [-0.39, 0.29) is 57.7 Å². The number of nitrogens with two attached hydrogens (primary N) is 2. The number of halogens is 2. The number of nitrogens with one attached hydrogen (secondary N) is 3. The molecule has 7 N–H and O–H groups in total. The zero-order chi connectivity index (χ0) is 39.7. The number of piperidine rings is 1. The van der Waals surface area contributed by atoms with Gasteiger partial charge in [0.05, 0.1) is 24.3 Å². The van der Waals surface area contributed by atoms with Crippen LogP contribution in [0.4, 0.5) is 8.78 Å². The van der Waals surface area contributed by atoms with E-state index in [1.165, 1.54) is 0 Å². The van der Waals surface area contributed by atoms with Gasteiger partial charge in [-0.3, -0.25) is 19.2 Å². The molecular weight excluding hydrogens is 721 g/mol. The average Bonchev–Trinajstić information content (AvgIpc) is 3.09. The van der Waals surface area contributed by atoms with E-state index < -0.39 is 75.7 Å². The zero-order valence-electron chi connectivity index (χ0n) is 31.3. The molecule has 0 bridgehead atoms. The summed E-state index contributed by atoms with van der Waals surface area (Å²) in [4.78, 5) is 56.0. The van der Waals surface area contributed by atoms with Crippen LogP contribution in [0.5, 0.6) is 0 Å². The van der Waals surface area contributed by atoms with Crippen LogP contribution in [0.25, 0.3) is 0 Å². The first kappa shape index (κ1) is 42.7. The molecule has 0 aliphatic carbocycles.